The first-order chi connectivity index (χ1) is 9.99. The first-order valence-electron chi connectivity index (χ1n) is 7.36. The zero-order valence-corrected chi connectivity index (χ0v) is 14.0. The Morgan fingerprint density at radius 1 is 1.27 bits per heavy atom. The second kappa shape index (κ2) is 8.36. The maximum Gasteiger partial charge on any atom is 0.240 e. The lowest BCUT2D eigenvalue weighted by Crippen LogP contribution is -2.57. The zero-order valence-electron chi connectivity index (χ0n) is 13.2. The number of hydrogen-bond acceptors (Lipinski definition) is 4. The topological polar surface area (TPSA) is 73.6 Å². The Labute approximate surface area is 138 Å². The summed E-state index contributed by atoms with van der Waals surface area (Å²) in [7, 11) is 0. The third kappa shape index (κ3) is 5.16. The van der Waals surface area contributed by atoms with Crippen LogP contribution in [0.2, 0.25) is 0 Å². The summed E-state index contributed by atoms with van der Waals surface area (Å²) in [6, 6.07) is 6.06. The number of hydrogen-bond donors (Lipinski definition) is 2. The number of halogens is 1. The van der Waals surface area contributed by atoms with Gasteiger partial charge in [0.15, 0.2) is 0 Å². The Bertz CT molecular complexity index is 482. The molecular weight excluding hydrogens is 304 g/mol. The highest BCUT2D eigenvalue weighted by molar-refractivity contribution is 5.86. The molecule has 1 aliphatic rings. The molecule has 0 spiro atoms. The van der Waals surface area contributed by atoms with Crippen LogP contribution in [0.5, 0.6) is 5.75 Å². The largest absolute Gasteiger partial charge is 0.492 e. The van der Waals surface area contributed by atoms with Gasteiger partial charge in [-0.2, -0.15) is 0 Å². The molecule has 1 amide bonds. The van der Waals surface area contributed by atoms with Crippen LogP contribution in [0.1, 0.15) is 24.0 Å². The lowest BCUT2D eigenvalue weighted by atomic mass is 9.90. The van der Waals surface area contributed by atoms with E-state index < -0.39 is 5.54 Å². The predicted molar refractivity (Wildman–Crippen MR) is 88.6 cm³/mol. The Balaban J connectivity index is 0.00000242. The van der Waals surface area contributed by atoms with Crippen molar-refractivity contribution in [2.24, 2.45) is 5.73 Å². The Morgan fingerprint density at radius 3 is 2.45 bits per heavy atom. The number of amides is 1. The van der Waals surface area contributed by atoms with Gasteiger partial charge in [0, 0.05) is 13.2 Å². The highest BCUT2D eigenvalue weighted by Gasteiger charge is 2.35. The Morgan fingerprint density at radius 2 is 1.86 bits per heavy atom. The third-order valence-corrected chi connectivity index (χ3v) is 3.69. The number of nitrogens with two attached hydrogens (primary N) is 1. The van der Waals surface area contributed by atoms with E-state index in [0.29, 0.717) is 39.2 Å². The molecule has 1 aromatic rings. The van der Waals surface area contributed by atoms with E-state index in [1.807, 2.05) is 26.0 Å². The number of rotatable bonds is 5. The maximum atomic E-state index is 12.1. The average molecular weight is 329 g/mol. The van der Waals surface area contributed by atoms with Crippen LogP contribution >= 0.6 is 12.4 Å². The van der Waals surface area contributed by atoms with Crippen molar-refractivity contribution in [2.75, 3.05) is 26.4 Å². The van der Waals surface area contributed by atoms with Crippen molar-refractivity contribution in [3.63, 3.8) is 0 Å². The molecule has 0 atom stereocenters. The van der Waals surface area contributed by atoms with E-state index in [1.165, 1.54) is 0 Å². The predicted octanol–water partition coefficient (Wildman–Crippen LogP) is 1.73. The second-order valence-electron chi connectivity index (χ2n) is 5.70. The summed E-state index contributed by atoms with van der Waals surface area (Å²) in [6.45, 7) is 6.04. The SMILES string of the molecule is Cc1cc(C)cc(OCCNC(=O)C2(N)CCOCC2)c1.Cl. The first kappa shape index (κ1) is 18.7. The van der Waals surface area contributed by atoms with E-state index in [4.69, 9.17) is 15.2 Å². The van der Waals surface area contributed by atoms with Gasteiger partial charge in [0.2, 0.25) is 5.91 Å². The van der Waals surface area contributed by atoms with Crippen molar-refractivity contribution in [2.45, 2.75) is 32.2 Å². The lowest BCUT2D eigenvalue weighted by molar-refractivity contribution is -0.129. The smallest absolute Gasteiger partial charge is 0.240 e. The highest BCUT2D eigenvalue weighted by Crippen LogP contribution is 2.18. The first-order valence-corrected chi connectivity index (χ1v) is 7.36. The summed E-state index contributed by atoms with van der Waals surface area (Å²) in [5.41, 5.74) is 7.64. The van der Waals surface area contributed by atoms with Crippen LogP contribution in [-0.2, 0) is 9.53 Å². The standard InChI is InChI=1S/C16H24N2O3.ClH/c1-12-9-13(2)11-14(10-12)21-8-5-18-15(19)16(17)3-6-20-7-4-16;/h9-11H,3-8,17H2,1-2H3,(H,18,19);1H. The average Bonchev–Trinajstić information content (AvgIpc) is 2.43. The Kier molecular flexibility index (Phi) is 7.13. The molecule has 3 N–H and O–H groups in total. The van der Waals surface area contributed by atoms with Gasteiger partial charge < -0.3 is 20.5 Å². The molecule has 0 saturated carbocycles. The highest BCUT2D eigenvalue weighted by atomic mass is 35.5. The molecule has 0 bridgehead atoms. The van der Waals surface area contributed by atoms with Crippen molar-refractivity contribution in [1.29, 1.82) is 0 Å². The number of ether oxygens (including phenoxy) is 2. The molecular formula is C16H25ClN2O3. The van der Waals surface area contributed by atoms with Gasteiger partial charge in [-0.1, -0.05) is 6.07 Å². The fourth-order valence-corrected chi connectivity index (χ4v) is 2.49. The van der Waals surface area contributed by atoms with Gasteiger partial charge >= 0.3 is 0 Å². The molecule has 1 aromatic carbocycles. The molecule has 1 heterocycles. The molecule has 2 rings (SSSR count). The summed E-state index contributed by atoms with van der Waals surface area (Å²) in [5, 5.41) is 2.85. The number of nitrogens with one attached hydrogen (secondary N) is 1. The van der Waals surface area contributed by atoms with E-state index in [1.54, 1.807) is 0 Å². The zero-order chi connectivity index (χ0) is 15.3. The number of aryl methyl sites for hydroxylation is 2. The number of carbonyl (C=O) groups is 1. The van der Waals surface area contributed by atoms with E-state index in [0.717, 1.165) is 16.9 Å². The molecule has 0 unspecified atom stereocenters. The van der Waals surface area contributed by atoms with E-state index in [-0.39, 0.29) is 18.3 Å². The van der Waals surface area contributed by atoms with Gasteiger partial charge in [-0.3, -0.25) is 4.79 Å². The minimum Gasteiger partial charge on any atom is -0.492 e. The summed E-state index contributed by atoms with van der Waals surface area (Å²) >= 11 is 0. The Hall–Kier alpha value is -1.30. The molecule has 6 heteroatoms. The third-order valence-electron chi connectivity index (χ3n) is 3.69. The molecule has 0 aliphatic carbocycles. The summed E-state index contributed by atoms with van der Waals surface area (Å²) in [5.74, 6) is 0.713. The molecule has 0 aromatic heterocycles. The number of benzene rings is 1. The van der Waals surface area contributed by atoms with Crippen molar-refractivity contribution in [3.05, 3.63) is 29.3 Å². The van der Waals surface area contributed by atoms with E-state index in [9.17, 15) is 4.79 Å². The van der Waals surface area contributed by atoms with Gasteiger partial charge in [-0.05, 0) is 49.9 Å². The van der Waals surface area contributed by atoms with Crippen molar-refractivity contribution >= 4 is 18.3 Å². The summed E-state index contributed by atoms with van der Waals surface area (Å²) in [6.07, 6.45) is 1.13. The van der Waals surface area contributed by atoms with Gasteiger partial charge in [0.25, 0.3) is 0 Å². The van der Waals surface area contributed by atoms with Crippen LogP contribution in [0.25, 0.3) is 0 Å². The van der Waals surface area contributed by atoms with Crippen LogP contribution in [0.4, 0.5) is 0 Å². The van der Waals surface area contributed by atoms with E-state index >= 15 is 0 Å². The van der Waals surface area contributed by atoms with Crippen LogP contribution in [0, 0.1) is 13.8 Å². The van der Waals surface area contributed by atoms with Crippen LogP contribution < -0.4 is 15.8 Å². The van der Waals surface area contributed by atoms with Crippen molar-refractivity contribution in [3.8, 4) is 5.75 Å². The summed E-state index contributed by atoms with van der Waals surface area (Å²) in [4.78, 5) is 12.1. The molecule has 1 fully saturated rings. The fraction of sp³-hybridized carbons (Fsp3) is 0.562. The quantitative estimate of drug-likeness (QED) is 0.807. The van der Waals surface area contributed by atoms with Crippen LogP contribution in [0.3, 0.4) is 0 Å². The summed E-state index contributed by atoms with van der Waals surface area (Å²) < 4.78 is 10.9. The van der Waals surface area contributed by atoms with E-state index in [2.05, 4.69) is 11.4 Å². The molecule has 1 aliphatic heterocycles. The van der Waals surface area contributed by atoms with Gasteiger partial charge in [-0.25, -0.2) is 0 Å². The molecule has 1 saturated heterocycles. The minimum absolute atomic E-state index is 0. The van der Waals surface area contributed by atoms with Crippen LogP contribution in [-0.4, -0.2) is 37.8 Å². The van der Waals surface area contributed by atoms with Crippen molar-refractivity contribution < 1.29 is 14.3 Å². The monoisotopic (exact) mass is 328 g/mol. The van der Waals surface area contributed by atoms with Gasteiger partial charge in [0.05, 0.1) is 12.1 Å². The molecule has 0 radical (unpaired) electrons. The normalized spacial score (nSPS) is 16.5. The van der Waals surface area contributed by atoms with Crippen LogP contribution in [0.15, 0.2) is 18.2 Å². The van der Waals surface area contributed by atoms with Crippen molar-refractivity contribution in [1.82, 2.24) is 5.32 Å². The molecule has 5 nitrogen and oxygen atoms in total. The molecule has 124 valence electrons. The lowest BCUT2D eigenvalue weighted by Gasteiger charge is -2.31. The maximum absolute atomic E-state index is 12.1. The fourth-order valence-electron chi connectivity index (χ4n) is 2.49. The van der Waals surface area contributed by atoms with Gasteiger partial charge in [-0.15, -0.1) is 12.4 Å². The molecule has 22 heavy (non-hydrogen) atoms. The second-order valence-corrected chi connectivity index (χ2v) is 5.70. The number of carbonyl (C=O) groups excluding carboxylic acids is 1. The minimum atomic E-state index is -0.793. The van der Waals surface area contributed by atoms with Gasteiger partial charge in [0.1, 0.15) is 12.4 Å².